The molecule has 2 rings (SSSR count). The molecule has 0 saturated carbocycles. The summed E-state index contributed by atoms with van der Waals surface area (Å²) in [6.07, 6.45) is 0. The summed E-state index contributed by atoms with van der Waals surface area (Å²) in [6.45, 7) is 1.54. The predicted molar refractivity (Wildman–Crippen MR) is 67.4 cm³/mol. The molecular weight excluding hydrogens is 263 g/mol. The highest BCUT2D eigenvalue weighted by Crippen LogP contribution is 2.13. The van der Waals surface area contributed by atoms with Crippen molar-refractivity contribution in [3.63, 3.8) is 0 Å². The first-order valence-electron chi connectivity index (χ1n) is 4.78. The van der Waals surface area contributed by atoms with E-state index in [9.17, 15) is 9.59 Å². The van der Waals surface area contributed by atoms with Gasteiger partial charge in [0.25, 0.3) is 5.56 Å². The van der Waals surface area contributed by atoms with Crippen LogP contribution in [0.3, 0.4) is 0 Å². The number of hydrogen-bond acceptors (Lipinski definition) is 2. The summed E-state index contributed by atoms with van der Waals surface area (Å²) < 4.78 is 0.993. The van der Waals surface area contributed by atoms with Crippen LogP contribution < -0.4 is 11.2 Å². The molecule has 4 nitrogen and oxygen atoms in total. The summed E-state index contributed by atoms with van der Waals surface area (Å²) in [6, 6.07) is 6.47. The zero-order valence-electron chi connectivity index (χ0n) is 8.83. The van der Waals surface area contributed by atoms with Gasteiger partial charge in [-0.05, 0) is 25.1 Å². The lowest BCUT2D eigenvalue weighted by Gasteiger charge is -2.06. The number of aromatic amines is 1. The van der Waals surface area contributed by atoms with Crippen LogP contribution in [-0.2, 0) is 0 Å². The van der Waals surface area contributed by atoms with Gasteiger partial charge in [0.15, 0.2) is 0 Å². The quantitative estimate of drug-likeness (QED) is 0.808. The third-order valence-corrected chi connectivity index (χ3v) is 2.95. The van der Waals surface area contributed by atoms with E-state index < -0.39 is 11.2 Å². The smallest absolute Gasteiger partial charge is 0.297 e. The van der Waals surface area contributed by atoms with Gasteiger partial charge in [0.2, 0.25) is 0 Å². The molecule has 1 aromatic carbocycles. The molecule has 0 aliphatic rings. The van der Waals surface area contributed by atoms with Gasteiger partial charge in [0, 0.05) is 5.02 Å². The SMILES string of the molecule is Cc1c(Cl)[nH]c(=O)n(-c2cccc(Cl)c2)c1=O. The summed E-state index contributed by atoms with van der Waals surface area (Å²) >= 11 is 11.5. The Bertz CT molecular complexity index is 689. The van der Waals surface area contributed by atoms with E-state index in [2.05, 4.69) is 4.98 Å². The van der Waals surface area contributed by atoms with Crippen molar-refractivity contribution in [3.05, 3.63) is 60.8 Å². The lowest BCUT2D eigenvalue weighted by Crippen LogP contribution is -2.35. The molecule has 0 aliphatic heterocycles. The molecule has 6 heteroatoms. The molecule has 0 saturated heterocycles. The fourth-order valence-electron chi connectivity index (χ4n) is 1.45. The van der Waals surface area contributed by atoms with Crippen molar-refractivity contribution in [3.8, 4) is 5.69 Å². The summed E-state index contributed by atoms with van der Waals surface area (Å²) in [5.41, 5.74) is -0.358. The molecule has 1 heterocycles. The van der Waals surface area contributed by atoms with E-state index in [0.717, 1.165) is 4.57 Å². The molecule has 0 unspecified atom stereocenters. The molecule has 0 atom stereocenters. The highest BCUT2D eigenvalue weighted by atomic mass is 35.5. The number of nitrogens with zero attached hydrogens (tertiary/aromatic N) is 1. The normalized spacial score (nSPS) is 10.5. The molecule has 1 N–H and O–H groups in total. The number of rotatable bonds is 1. The topological polar surface area (TPSA) is 54.9 Å². The monoisotopic (exact) mass is 270 g/mol. The first-order chi connectivity index (χ1) is 8.00. The van der Waals surface area contributed by atoms with Crippen molar-refractivity contribution >= 4 is 23.2 Å². The Kier molecular flexibility index (Phi) is 3.09. The number of aromatic nitrogens is 2. The summed E-state index contributed by atoms with van der Waals surface area (Å²) in [7, 11) is 0. The molecule has 1 aromatic heterocycles. The molecule has 88 valence electrons. The van der Waals surface area contributed by atoms with E-state index in [1.54, 1.807) is 25.1 Å². The zero-order valence-corrected chi connectivity index (χ0v) is 10.3. The van der Waals surface area contributed by atoms with Crippen LogP contribution in [0.4, 0.5) is 0 Å². The standard InChI is InChI=1S/C11H8Cl2N2O2/c1-6-9(13)14-11(17)15(10(6)16)8-4-2-3-7(12)5-8/h2-5H,1H3,(H,14,17). The predicted octanol–water partition coefficient (Wildman–Crippen LogP) is 2.14. The molecule has 0 amide bonds. The highest BCUT2D eigenvalue weighted by Gasteiger charge is 2.10. The van der Waals surface area contributed by atoms with E-state index in [-0.39, 0.29) is 10.7 Å². The van der Waals surface area contributed by atoms with Crippen molar-refractivity contribution < 1.29 is 0 Å². The molecule has 0 aliphatic carbocycles. The van der Waals surface area contributed by atoms with Gasteiger partial charge in [-0.1, -0.05) is 29.3 Å². The second-order valence-electron chi connectivity index (χ2n) is 3.49. The average molecular weight is 271 g/mol. The number of nitrogens with one attached hydrogen (secondary N) is 1. The fourth-order valence-corrected chi connectivity index (χ4v) is 1.79. The van der Waals surface area contributed by atoms with Crippen LogP contribution in [0.2, 0.25) is 10.2 Å². The zero-order chi connectivity index (χ0) is 12.6. The molecule has 0 fully saturated rings. The maximum atomic E-state index is 11.9. The van der Waals surface area contributed by atoms with Crippen molar-refractivity contribution in [2.75, 3.05) is 0 Å². The Morgan fingerprint density at radius 1 is 1.24 bits per heavy atom. The van der Waals surface area contributed by atoms with Gasteiger partial charge in [0.1, 0.15) is 5.15 Å². The van der Waals surface area contributed by atoms with Gasteiger partial charge in [0.05, 0.1) is 11.3 Å². The van der Waals surface area contributed by atoms with Gasteiger partial charge in [-0.2, -0.15) is 0 Å². The molecule has 0 radical (unpaired) electrons. The van der Waals surface area contributed by atoms with Crippen LogP contribution in [0, 0.1) is 6.92 Å². The second kappa shape index (κ2) is 4.39. The number of halogens is 2. The van der Waals surface area contributed by atoms with Gasteiger partial charge >= 0.3 is 5.69 Å². The van der Waals surface area contributed by atoms with E-state index in [4.69, 9.17) is 23.2 Å². The van der Waals surface area contributed by atoms with Gasteiger partial charge in [-0.3, -0.25) is 9.78 Å². The third kappa shape index (κ3) is 2.14. The van der Waals surface area contributed by atoms with Crippen LogP contribution in [0.25, 0.3) is 5.69 Å². The van der Waals surface area contributed by atoms with Gasteiger partial charge in [-0.25, -0.2) is 9.36 Å². The van der Waals surface area contributed by atoms with Gasteiger partial charge in [-0.15, -0.1) is 0 Å². The summed E-state index contributed by atoms with van der Waals surface area (Å²) in [5, 5.41) is 0.500. The van der Waals surface area contributed by atoms with E-state index in [1.807, 2.05) is 0 Å². The van der Waals surface area contributed by atoms with Crippen LogP contribution in [0.15, 0.2) is 33.9 Å². The Morgan fingerprint density at radius 3 is 2.59 bits per heavy atom. The summed E-state index contributed by atoms with van der Waals surface area (Å²) in [4.78, 5) is 26.0. The molecule has 0 bridgehead atoms. The largest absolute Gasteiger partial charge is 0.334 e. The maximum Gasteiger partial charge on any atom is 0.334 e. The van der Waals surface area contributed by atoms with Crippen LogP contribution in [-0.4, -0.2) is 9.55 Å². The average Bonchev–Trinajstić information content (AvgIpc) is 2.26. The minimum atomic E-state index is -0.590. The number of hydrogen-bond donors (Lipinski definition) is 1. The van der Waals surface area contributed by atoms with Crippen molar-refractivity contribution in [1.29, 1.82) is 0 Å². The number of benzene rings is 1. The molecule has 2 aromatic rings. The van der Waals surface area contributed by atoms with Crippen molar-refractivity contribution in [2.45, 2.75) is 6.92 Å². The van der Waals surface area contributed by atoms with Gasteiger partial charge < -0.3 is 0 Å². The van der Waals surface area contributed by atoms with E-state index in [1.165, 1.54) is 6.07 Å². The highest BCUT2D eigenvalue weighted by molar-refractivity contribution is 6.30. The fraction of sp³-hybridized carbons (Fsp3) is 0.0909. The maximum absolute atomic E-state index is 11.9. The Balaban J connectivity index is 2.82. The lowest BCUT2D eigenvalue weighted by molar-refractivity contribution is 0.860. The van der Waals surface area contributed by atoms with Crippen LogP contribution >= 0.6 is 23.2 Å². The van der Waals surface area contributed by atoms with E-state index in [0.29, 0.717) is 10.7 Å². The van der Waals surface area contributed by atoms with E-state index >= 15 is 0 Å². The first kappa shape index (κ1) is 12.0. The minimum Gasteiger partial charge on any atom is -0.297 e. The van der Waals surface area contributed by atoms with Crippen molar-refractivity contribution in [2.24, 2.45) is 0 Å². The van der Waals surface area contributed by atoms with Crippen LogP contribution in [0.1, 0.15) is 5.56 Å². The van der Waals surface area contributed by atoms with Crippen molar-refractivity contribution in [1.82, 2.24) is 9.55 Å². The Morgan fingerprint density at radius 2 is 1.94 bits per heavy atom. The Hall–Kier alpha value is -1.52. The Labute approximate surface area is 106 Å². The molecular formula is C11H8Cl2N2O2. The second-order valence-corrected chi connectivity index (χ2v) is 4.30. The number of H-pyrrole nitrogens is 1. The minimum absolute atomic E-state index is 0.0540. The lowest BCUT2D eigenvalue weighted by atomic mass is 10.3. The molecule has 0 spiro atoms. The first-order valence-corrected chi connectivity index (χ1v) is 5.53. The molecule has 17 heavy (non-hydrogen) atoms. The van der Waals surface area contributed by atoms with Crippen LogP contribution in [0.5, 0.6) is 0 Å². The summed E-state index contributed by atoms with van der Waals surface area (Å²) in [5.74, 6) is 0. The third-order valence-electron chi connectivity index (χ3n) is 2.34.